The number of rotatable bonds is 5. The largest absolute Gasteiger partial charge is 0.371 e. The van der Waals surface area contributed by atoms with Gasteiger partial charge in [0.25, 0.3) is 0 Å². The molecule has 2 heterocycles. The second-order valence-corrected chi connectivity index (χ2v) is 6.99. The Kier molecular flexibility index (Phi) is 5.19. The molecule has 5 heteroatoms. The van der Waals surface area contributed by atoms with E-state index in [2.05, 4.69) is 35.4 Å². The van der Waals surface area contributed by atoms with Crippen LogP contribution in [0.3, 0.4) is 0 Å². The van der Waals surface area contributed by atoms with Gasteiger partial charge >= 0.3 is 0 Å². The molecule has 0 bridgehead atoms. The Morgan fingerprint density at radius 3 is 2.50 bits per heavy atom. The lowest BCUT2D eigenvalue weighted by atomic mass is 10.0. The molecule has 0 radical (unpaired) electrons. The molecule has 0 saturated carbocycles. The average molecular weight is 330 g/mol. The first kappa shape index (κ1) is 17.0. The molecule has 0 spiro atoms. The van der Waals surface area contributed by atoms with E-state index >= 15 is 0 Å². The van der Waals surface area contributed by atoms with E-state index in [0.717, 1.165) is 38.2 Å². The van der Waals surface area contributed by atoms with Crippen LogP contribution in [0.4, 0.5) is 10.1 Å². The van der Waals surface area contributed by atoms with Crippen LogP contribution in [0.1, 0.15) is 43.9 Å². The van der Waals surface area contributed by atoms with E-state index in [-0.39, 0.29) is 5.82 Å². The zero-order chi connectivity index (χ0) is 17.1. The van der Waals surface area contributed by atoms with E-state index in [0.29, 0.717) is 12.0 Å². The smallest absolute Gasteiger partial charge is 0.123 e. The zero-order valence-electron chi connectivity index (χ0n) is 14.8. The Hall–Kier alpha value is -1.88. The van der Waals surface area contributed by atoms with Crippen LogP contribution in [-0.2, 0) is 13.6 Å². The van der Waals surface area contributed by atoms with E-state index in [1.54, 1.807) is 0 Å². The van der Waals surface area contributed by atoms with Crippen molar-refractivity contribution in [2.24, 2.45) is 7.05 Å². The number of aryl methyl sites for hydroxylation is 1. The van der Waals surface area contributed by atoms with Gasteiger partial charge in [0.1, 0.15) is 5.82 Å². The maximum atomic E-state index is 13.0. The fourth-order valence-corrected chi connectivity index (χ4v) is 3.43. The predicted octanol–water partition coefficient (Wildman–Crippen LogP) is 3.44. The molecule has 0 unspecified atom stereocenters. The third kappa shape index (κ3) is 3.96. The van der Waals surface area contributed by atoms with E-state index < -0.39 is 0 Å². The van der Waals surface area contributed by atoms with Crippen LogP contribution in [-0.4, -0.2) is 28.9 Å². The highest BCUT2D eigenvalue weighted by Gasteiger charge is 2.20. The summed E-state index contributed by atoms with van der Waals surface area (Å²) in [5.74, 6) is 0.274. The van der Waals surface area contributed by atoms with Crippen LogP contribution in [0.5, 0.6) is 0 Å². The van der Waals surface area contributed by atoms with Gasteiger partial charge in [-0.05, 0) is 43.0 Å². The summed E-state index contributed by atoms with van der Waals surface area (Å²) < 4.78 is 14.9. The molecule has 1 N–H and O–H groups in total. The zero-order valence-corrected chi connectivity index (χ0v) is 14.8. The monoisotopic (exact) mass is 330 g/mol. The molecule has 1 fully saturated rings. The van der Waals surface area contributed by atoms with Crippen molar-refractivity contribution in [1.29, 1.82) is 0 Å². The van der Waals surface area contributed by atoms with E-state index in [1.807, 2.05) is 23.9 Å². The van der Waals surface area contributed by atoms with Crippen LogP contribution >= 0.6 is 0 Å². The van der Waals surface area contributed by atoms with Crippen molar-refractivity contribution < 1.29 is 4.39 Å². The van der Waals surface area contributed by atoms with Gasteiger partial charge in [0, 0.05) is 50.2 Å². The first-order chi connectivity index (χ1) is 11.5. The minimum Gasteiger partial charge on any atom is -0.371 e. The SMILES string of the molecule is CC(C)c1nn(C)cc1CNC1CCN(c2ccc(F)cc2)CC1. The molecular weight excluding hydrogens is 303 g/mol. The Morgan fingerprint density at radius 2 is 1.88 bits per heavy atom. The maximum Gasteiger partial charge on any atom is 0.123 e. The number of nitrogens with zero attached hydrogens (tertiary/aromatic N) is 3. The van der Waals surface area contributed by atoms with Crippen molar-refractivity contribution in [2.45, 2.75) is 45.2 Å². The molecule has 0 atom stereocenters. The number of aromatic nitrogens is 2. The molecule has 24 heavy (non-hydrogen) atoms. The standard InChI is InChI=1S/C19H27FN4/c1-14(2)19-15(13-23(3)22-19)12-21-17-8-10-24(11-9-17)18-6-4-16(20)5-7-18/h4-7,13-14,17,21H,8-12H2,1-3H3. The van der Waals surface area contributed by atoms with Crippen LogP contribution in [0.2, 0.25) is 0 Å². The molecule has 130 valence electrons. The molecule has 2 aromatic rings. The highest BCUT2D eigenvalue weighted by molar-refractivity contribution is 5.46. The molecule has 1 aliphatic rings. The fraction of sp³-hybridized carbons (Fsp3) is 0.526. The highest BCUT2D eigenvalue weighted by Crippen LogP contribution is 2.21. The average Bonchev–Trinajstić information content (AvgIpc) is 2.95. The molecule has 0 aliphatic carbocycles. The van der Waals surface area contributed by atoms with Gasteiger partial charge in [-0.2, -0.15) is 5.10 Å². The van der Waals surface area contributed by atoms with Gasteiger partial charge < -0.3 is 10.2 Å². The first-order valence-corrected chi connectivity index (χ1v) is 8.79. The summed E-state index contributed by atoms with van der Waals surface area (Å²) in [6.07, 6.45) is 4.33. The molecular formula is C19H27FN4. The lowest BCUT2D eigenvalue weighted by molar-refractivity contribution is 0.413. The minimum absolute atomic E-state index is 0.173. The van der Waals surface area contributed by atoms with Gasteiger partial charge in [-0.3, -0.25) is 4.68 Å². The molecule has 1 aromatic heterocycles. The van der Waals surface area contributed by atoms with Gasteiger partial charge in [-0.15, -0.1) is 0 Å². The fourth-order valence-electron chi connectivity index (χ4n) is 3.43. The number of nitrogens with one attached hydrogen (secondary N) is 1. The Balaban J connectivity index is 1.52. The van der Waals surface area contributed by atoms with Crippen molar-refractivity contribution in [2.75, 3.05) is 18.0 Å². The van der Waals surface area contributed by atoms with Gasteiger partial charge in [0.05, 0.1) is 5.69 Å². The second-order valence-electron chi connectivity index (χ2n) is 6.99. The molecule has 3 rings (SSSR count). The van der Waals surface area contributed by atoms with E-state index in [1.165, 1.54) is 23.4 Å². The third-order valence-electron chi connectivity index (χ3n) is 4.75. The summed E-state index contributed by atoms with van der Waals surface area (Å²) in [5, 5.41) is 8.26. The van der Waals surface area contributed by atoms with Crippen molar-refractivity contribution in [3.8, 4) is 0 Å². The van der Waals surface area contributed by atoms with Gasteiger partial charge in [-0.1, -0.05) is 13.8 Å². The van der Waals surface area contributed by atoms with Gasteiger partial charge in [0.2, 0.25) is 0 Å². The van der Waals surface area contributed by atoms with Crippen molar-refractivity contribution in [3.63, 3.8) is 0 Å². The first-order valence-electron chi connectivity index (χ1n) is 8.79. The number of hydrogen-bond donors (Lipinski definition) is 1. The van der Waals surface area contributed by atoms with Crippen LogP contribution in [0, 0.1) is 5.82 Å². The maximum absolute atomic E-state index is 13.0. The van der Waals surface area contributed by atoms with Gasteiger partial charge in [-0.25, -0.2) is 4.39 Å². The summed E-state index contributed by atoms with van der Waals surface area (Å²) >= 11 is 0. The molecule has 1 saturated heterocycles. The summed E-state index contributed by atoms with van der Waals surface area (Å²) in [4.78, 5) is 2.33. The summed E-state index contributed by atoms with van der Waals surface area (Å²) in [5.41, 5.74) is 3.60. The van der Waals surface area contributed by atoms with Crippen LogP contribution in [0.15, 0.2) is 30.5 Å². The van der Waals surface area contributed by atoms with Crippen molar-refractivity contribution in [3.05, 3.63) is 47.5 Å². The quantitative estimate of drug-likeness (QED) is 0.912. The number of hydrogen-bond acceptors (Lipinski definition) is 3. The Bertz CT molecular complexity index is 655. The normalized spacial score (nSPS) is 16.1. The number of benzene rings is 1. The molecule has 1 aliphatic heterocycles. The minimum atomic E-state index is -0.173. The lowest BCUT2D eigenvalue weighted by Gasteiger charge is -2.34. The molecule has 4 nitrogen and oxygen atoms in total. The topological polar surface area (TPSA) is 33.1 Å². The summed E-state index contributed by atoms with van der Waals surface area (Å²) in [7, 11) is 1.98. The number of halogens is 1. The highest BCUT2D eigenvalue weighted by atomic mass is 19.1. The van der Waals surface area contributed by atoms with Gasteiger partial charge in [0.15, 0.2) is 0 Å². The number of piperidine rings is 1. The molecule has 0 amide bonds. The Morgan fingerprint density at radius 1 is 1.21 bits per heavy atom. The number of anilines is 1. The predicted molar refractivity (Wildman–Crippen MR) is 95.8 cm³/mol. The Labute approximate surface area is 143 Å². The van der Waals surface area contributed by atoms with E-state index in [9.17, 15) is 4.39 Å². The van der Waals surface area contributed by atoms with Crippen LogP contribution in [0.25, 0.3) is 0 Å². The third-order valence-corrected chi connectivity index (χ3v) is 4.75. The van der Waals surface area contributed by atoms with E-state index in [4.69, 9.17) is 0 Å². The summed E-state index contributed by atoms with van der Waals surface area (Å²) in [6.45, 7) is 7.27. The van der Waals surface area contributed by atoms with Crippen molar-refractivity contribution >= 4 is 5.69 Å². The van der Waals surface area contributed by atoms with Crippen LogP contribution < -0.4 is 10.2 Å². The second kappa shape index (κ2) is 7.34. The summed E-state index contributed by atoms with van der Waals surface area (Å²) in [6, 6.07) is 7.34. The lowest BCUT2D eigenvalue weighted by Crippen LogP contribution is -2.42. The van der Waals surface area contributed by atoms with Crippen molar-refractivity contribution in [1.82, 2.24) is 15.1 Å². The molecule has 1 aromatic carbocycles.